The van der Waals surface area contributed by atoms with Crippen molar-refractivity contribution in [2.45, 2.75) is 25.0 Å². The smallest absolute Gasteiger partial charge is 0.248 e. The molecule has 1 heterocycles. The number of carbonyl (C=O) groups is 2. The van der Waals surface area contributed by atoms with Crippen molar-refractivity contribution in [3.05, 3.63) is 59.7 Å². The summed E-state index contributed by atoms with van der Waals surface area (Å²) in [5.41, 5.74) is 1.66. The highest BCUT2D eigenvalue weighted by Crippen LogP contribution is 2.29. The maximum absolute atomic E-state index is 12.6. The molecule has 1 fully saturated rings. The monoisotopic (exact) mass is 384 g/mol. The molecule has 0 aliphatic carbocycles. The molecular formula is C21H24N2O5. The van der Waals surface area contributed by atoms with Gasteiger partial charge in [0.1, 0.15) is 17.5 Å². The fourth-order valence-corrected chi connectivity index (χ4v) is 3.33. The second kappa shape index (κ2) is 8.75. The number of nitrogens with zero attached hydrogens (tertiary/aromatic N) is 1. The highest BCUT2D eigenvalue weighted by atomic mass is 16.5. The third-order valence-corrected chi connectivity index (χ3v) is 4.88. The van der Waals surface area contributed by atoms with Gasteiger partial charge in [-0.05, 0) is 17.7 Å². The predicted molar refractivity (Wildman–Crippen MR) is 103 cm³/mol. The molecule has 2 aromatic carbocycles. The van der Waals surface area contributed by atoms with Crippen LogP contribution in [0.4, 0.5) is 0 Å². The number of ether oxygens (including phenoxy) is 2. The number of rotatable bonds is 8. The van der Waals surface area contributed by atoms with Crippen LogP contribution in [-0.4, -0.2) is 54.7 Å². The van der Waals surface area contributed by atoms with E-state index in [4.69, 9.17) is 9.47 Å². The molecule has 2 aromatic rings. The van der Waals surface area contributed by atoms with Gasteiger partial charge in [-0.15, -0.1) is 0 Å². The second-order valence-corrected chi connectivity index (χ2v) is 6.60. The molecule has 148 valence electrons. The number of nitrogens with one attached hydrogen (secondary N) is 1. The molecule has 2 atom stereocenters. The first-order valence-electron chi connectivity index (χ1n) is 9.03. The van der Waals surface area contributed by atoms with Crippen molar-refractivity contribution in [3.63, 3.8) is 0 Å². The Bertz CT molecular complexity index is 840. The van der Waals surface area contributed by atoms with Gasteiger partial charge in [0, 0.05) is 18.2 Å². The topological polar surface area (TPSA) is 88.1 Å². The summed E-state index contributed by atoms with van der Waals surface area (Å²) in [5, 5.41) is 12.5. The van der Waals surface area contributed by atoms with E-state index in [0.29, 0.717) is 11.5 Å². The fourth-order valence-electron chi connectivity index (χ4n) is 3.33. The third kappa shape index (κ3) is 4.09. The van der Waals surface area contributed by atoms with E-state index in [1.54, 1.807) is 26.4 Å². The Morgan fingerprint density at radius 1 is 1.14 bits per heavy atom. The van der Waals surface area contributed by atoms with Gasteiger partial charge >= 0.3 is 0 Å². The molecule has 7 nitrogen and oxygen atoms in total. The number of aliphatic hydroxyl groups is 1. The van der Waals surface area contributed by atoms with Crippen molar-refractivity contribution in [2.75, 3.05) is 20.8 Å². The first-order valence-corrected chi connectivity index (χ1v) is 9.03. The van der Waals surface area contributed by atoms with Gasteiger partial charge < -0.3 is 24.8 Å². The summed E-state index contributed by atoms with van der Waals surface area (Å²) in [4.78, 5) is 26.4. The zero-order chi connectivity index (χ0) is 20.1. The van der Waals surface area contributed by atoms with Crippen LogP contribution in [0.2, 0.25) is 0 Å². The molecule has 0 saturated carbocycles. The molecule has 0 bridgehead atoms. The molecule has 1 aliphatic heterocycles. The molecule has 2 unspecified atom stereocenters. The summed E-state index contributed by atoms with van der Waals surface area (Å²) in [7, 11) is 3.12. The van der Waals surface area contributed by atoms with Crippen molar-refractivity contribution < 1.29 is 24.2 Å². The van der Waals surface area contributed by atoms with Crippen LogP contribution in [0.15, 0.2) is 48.5 Å². The quantitative estimate of drug-likeness (QED) is 0.667. The van der Waals surface area contributed by atoms with Crippen LogP contribution in [0.5, 0.6) is 11.5 Å². The number of benzene rings is 2. The minimum absolute atomic E-state index is 0.190. The molecule has 0 spiro atoms. The minimum atomic E-state index is -0.717. The zero-order valence-electron chi connectivity index (χ0n) is 15.9. The van der Waals surface area contributed by atoms with Gasteiger partial charge in [0.05, 0.1) is 33.3 Å². The van der Waals surface area contributed by atoms with Crippen LogP contribution >= 0.6 is 0 Å². The van der Waals surface area contributed by atoms with Gasteiger partial charge in [0.2, 0.25) is 11.8 Å². The molecule has 7 heteroatoms. The molecule has 3 rings (SSSR count). The van der Waals surface area contributed by atoms with E-state index in [9.17, 15) is 14.7 Å². The SMILES string of the molecule is COc1ccc(CN2C(=O)C(NC(=O)Cc3ccccc3)C2CO)c(OC)c1. The Morgan fingerprint density at radius 3 is 2.54 bits per heavy atom. The summed E-state index contributed by atoms with van der Waals surface area (Å²) in [6.45, 7) is 0.0444. The normalized spacial score (nSPS) is 18.4. The molecule has 28 heavy (non-hydrogen) atoms. The fraction of sp³-hybridized carbons (Fsp3) is 0.333. The van der Waals surface area contributed by atoms with Gasteiger partial charge in [-0.1, -0.05) is 30.3 Å². The van der Waals surface area contributed by atoms with Crippen molar-refractivity contribution in [3.8, 4) is 11.5 Å². The lowest BCUT2D eigenvalue weighted by Crippen LogP contribution is -2.71. The second-order valence-electron chi connectivity index (χ2n) is 6.60. The van der Waals surface area contributed by atoms with Crippen LogP contribution in [0.25, 0.3) is 0 Å². The highest BCUT2D eigenvalue weighted by Gasteiger charge is 2.47. The summed E-state index contributed by atoms with van der Waals surface area (Å²) in [6, 6.07) is 13.5. The number of β-lactam (4-membered cyclic amide) rings is 1. The van der Waals surface area contributed by atoms with Crippen LogP contribution in [0.3, 0.4) is 0 Å². The number of likely N-dealkylation sites (tertiary alicyclic amines) is 1. The van der Waals surface area contributed by atoms with Gasteiger partial charge in [-0.25, -0.2) is 0 Å². The van der Waals surface area contributed by atoms with E-state index in [1.807, 2.05) is 36.4 Å². The number of hydrogen-bond donors (Lipinski definition) is 2. The number of carbonyl (C=O) groups excluding carboxylic acids is 2. The van der Waals surface area contributed by atoms with Gasteiger partial charge in [-0.2, -0.15) is 0 Å². The van der Waals surface area contributed by atoms with E-state index >= 15 is 0 Å². The van der Waals surface area contributed by atoms with Gasteiger partial charge in [-0.3, -0.25) is 9.59 Å². The number of amides is 2. The lowest BCUT2D eigenvalue weighted by molar-refractivity contribution is -0.157. The summed E-state index contributed by atoms with van der Waals surface area (Å²) in [6.07, 6.45) is 0.190. The molecule has 1 aliphatic rings. The van der Waals surface area contributed by atoms with Crippen molar-refractivity contribution in [2.24, 2.45) is 0 Å². The Labute approximate surface area is 163 Å². The maximum Gasteiger partial charge on any atom is 0.248 e. The van der Waals surface area contributed by atoms with Crippen molar-refractivity contribution in [1.82, 2.24) is 10.2 Å². The zero-order valence-corrected chi connectivity index (χ0v) is 15.9. The Hall–Kier alpha value is -3.06. The lowest BCUT2D eigenvalue weighted by atomic mass is 9.94. The maximum atomic E-state index is 12.6. The molecule has 1 saturated heterocycles. The van der Waals surface area contributed by atoms with Crippen molar-refractivity contribution in [1.29, 1.82) is 0 Å². The number of aliphatic hydroxyl groups excluding tert-OH is 1. The van der Waals surface area contributed by atoms with Crippen LogP contribution < -0.4 is 14.8 Å². The largest absolute Gasteiger partial charge is 0.497 e. The summed E-state index contributed by atoms with van der Waals surface area (Å²) >= 11 is 0. The summed E-state index contributed by atoms with van der Waals surface area (Å²) in [5.74, 6) is 0.781. The van der Waals surface area contributed by atoms with Crippen LogP contribution in [0, 0.1) is 0 Å². The first-order chi connectivity index (χ1) is 13.6. The average molecular weight is 384 g/mol. The van der Waals surface area contributed by atoms with Gasteiger partial charge in [0.25, 0.3) is 0 Å². The Balaban J connectivity index is 1.64. The third-order valence-electron chi connectivity index (χ3n) is 4.88. The first kappa shape index (κ1) is 19.7. The summed E-state index contributed by atoms with van der Waals surface area (Å²) < 4.78 is 10.6. The minimum Gasteiger partial charge on any atom is -0.497 e. The Kier molecular flexibility index (Phi) is 6.16. The standard InChI is InChI=1S/C21H24N2O5/c1-27-16-9-8-15(18(11-16)28-2)12-23-17(13-24)20(21(23)26)22-19(25)10-14-6-4-3-5-7-14/h3-9,11,17,20,24H,10,12-13H2,1-2H3,(H,22,25). The highest BCUT2D eigenvalue weighted by molar-refractivity contribution is 5.94. The van der Waals surface area contributed by atoms with E-state index in [-0.39, 0.29) is 31.4 Å². The molecule has 2 amide bonds. The van der Waals surface area contributed by atoms with Crippen molar-refractivity contribution >= 4 is 11.8 Å². The van der Waals surface area contributed by atoms with E-state index in [1.165, 1.54) is 4.90 Å². The van der Waals surface area contributed by atoms with Crippen LogP contribution in [0.1, 0.15) is 11.1 Å². The van der Waals surface area contributed by atoms with E-state index < -0.39 is 12.1 Å². The molecule has 0 aromatic heterocycles. The Morgan fingerprint density at radius 2 is 1.89 bits per heavy atom. The predicted octanol–water partition coefficient (Wildman–Crippen LogP) is 1.13. The molecular weight excluding hydrogens is 360 g/mol. The van der Waals surface area contributed by atoms with Gasteiger partial charge in [0.15, 0.2) is 0 Å². The number of methoxy groups -OCH3 is 2. The van der Waals surface area contributed by atoms with E-state index in [2.05, 4.69) is 5.32 Å². The number of hydrogen-bond acceptors (Lipinski definition) is 5. The lowest BCUT2D eigenvalue weighted by Gasteiger charge is -2.46. The molecule has 0 radical (unpaired) electrons. The molecule has 2 N–H and O–H groups in total. The van der Waals surface area contributed by atoms with E-state index in [0.717, 1.165) is 11.1 Å². The average Bonchev–Trinajstić information content (AvgIpc) is 2.73. The van der Waals surface area contributed by atoms with Crippen LogP contribution in [-0.2, 0) is 22.6 Å².